The summed E-state index contributed by atoms with van der Waals surface area (Å²) in [6, 6.07) is 3.37. The van der Waals surface area contributed by atoms with Crippen LogP contribution in [0.25, 0.3) is 0 Å². The van der Waals surface area contributed by atoms with Gasteiger partial charge in [0.15, 0.2) is 11.6 Å². The monoisotopic (exact) mass is 361 g/mol. The van der Waals surface area contributed by atoms with E-state index in [1.165, 1.54) is 12.1 Å². The molecule has 0 aromatic heterocycles. The molecular weight excluding hydrogens is 347 g/mol. The van der Waals surface area contributed by atoms with E-state index < -0.39 is 30.1 Å². The first kappa shape index (κ1) is 18.6. The molecule has 10 heteroatoms. The van der Waals surface area contributed by atoms with E-state index in [2.05, 4.69) is 14.2 Å². The van der Waals surface area contributed by atoms with Gasteiger partial charge < -0.3 is 23.8 Å². The van der Waals surface area contributed by atoms with Gasteiger partial charge in [-0.05, 0) is 12.1 Å². The van der Waals surface area contributed by atoms with Crippen molar-refractivity contribution in [2.45, 2.75) is 6.61 Å². The van der Waals surface area contributed by atoms with Crippen LogP contribution in [0.4, 0.5) is 18.9 Å². The fourth-order valence-corrected chi connectivity index (χ4v) is 2.25. The number of carbonyl (C=O) groups excluding carboxylic acids is 2. The minimum absolute atomic E-state index is 0.201. The first-order chi connectivity index (χ1) is 11.9. The van der Waals surface area contributed by atoms with Crippen LogP contribution >= 0.6 is 0 Å². The van der Waals surface area contributed by atoms with E-state index in [0.29, 0.717) is 0 Å². The van der Waals surface area contributed by atoms with Gasteiger partial charge in [0.1, 0.15) is 12.4 Å². The molecule has 0 saturated carbocycles. The Balaban J connectivity index is 2.62. The number of anilines is 1. The highest BCUT2D eigenvalue weighted by Crippen LogP contribution is 2.36. The number of hydrogen-bond acceptors (Lipinski definition) is 7. The van der Waals surface area contributed by atoms with Gasteiger partial charge in [0.2, 0.25) is 0 Å². The molecule has 2 rings (SSSR count). The van der Waals surface area contributed by atoms with Gasteiger partial charge in [0, 0.05) is 0 Å². The molecule has 0 bridgehead atoms. The maximum Gasteiger partial charge on any atom is 0.387 e. The third-order valence-corrected chi connectivity index (χ3v) is 3.28. The van der Waals surface area contributed by atoms with Crippen molar-refractivity contribution in [3.05, 3.63) is 35.3 Å². The topological polar surface area (TPSA) is 74.3 Å². The first-order valence-electron chi connectivity index (χ1n) is 6.89. The summed E-state index contributed by atoms with van der Waals surface area (Å²) in [6.45, 7) is -3.89. The number of nitrogens with zero attached hydrogens (tertiary/aromatic N) is 1. The lowest BCUT2D eigenvalue weighted by Gasteiger charge is -2.32. The van der Waals surface area contributed by atoms with Crippen LogP contribution < -0.4 is 9.64 Å². The molecule has 0 spiro atoms. The number of halogens is 3. The maximum atomic E-state index is 13.9. The molecule has 0 saturated heterocycles. The van der Waals surface area contributed by atoms with Crippen LogP contribution in [0, 0.1) is 5.82 Å². The highest BCUT2D eigenvalue weighted by Gasteiger charge is 2.34. The highest BCUT2D eigenvalue weighted by molar-refractivity contribution is 6.03. The van der Waals surface area contributed by atoms with Crippen LogP contribution in [0.2, 0.25) is 0 Å². The normalized spacial score (nSPS) is 14.6. The van der Waals surface area contributed by atoms with Crippen LogP contribution in [0.5, 0.6) is 5.75 Å². The molecule has 1 heterocycles. The van der Waals surface area contributed by atoms with E-state index in [4.69, 9.17) is 4.74 Å². The molecule has 0 radical (unpaired) electrons. The van der Waals surface area contributed by atoms with E-state index in [1.807, 2.05) is 0 Å². The van der Waals surface area contributed by atoms with E-state index in [9.17, 15) is 22.8 Å². The van der Waals surface area contributed by atoms with E-state index in [1.54, 1.807) is 0 Å². The second kappa shape index (κ2) is 7.88. The maximum absolute atomic E-state index is 13.9. The minimum atomic E-state index is -3.30. The summed E-state index contributed by atoms with van der Waals surface area (Å²) in [7, 11) is 2.16. The molecular formula is C15H14F3NO6. The van der Waals surface area contributed by atoms with Crippen molar-refractivity contribution < 1.29 is 41.7 Å². The van der Waals surface area contributed by atoms with Crippen LogP contribution in [-0.2, 0) is 23.8 Å². The summed E-state index contributed by atoms with van der Waals surface area (Å²) < 4.78 is 57.8. The van der Waals surface area contributed by atoms with Crippen molar-refractivity contribution >= 4 is 17.6 Å². The number of benzene rings is 1. The van der Waals surface area contributed by atoms with Crippen LogP contribution in [0.1, 0.15) is 0 Å². The number of hydrogen-bond donors (Lipinski definition) is 0. The minimum Gasteiger partial charge on any atom is -0.466 e. The Kier molecular flexibility index (Phi) is 5.86. The Bertz CT molecular complexity index is 707. The summed E-state index contributed by atoms with van der Waals surface area (Å²) in [4.78, 5) is 25.0. The van der Waals surface area contributed by atoms with Crippen molar-refractivity contribution in [1.82, 2.24) is 0 Å². The summed E-state index contributed by atoms with van der Waals surface area (Å²) >= 11 is 0. The van der Waals surface area contributed by atoms with E-state index in [0.717, 1.165) is 25.2 Å². The van der Waals surface area contributed by atoms with Gasteiger partial charge in [-0.3, -0.25) is 0 Å². The molecule has 0 unspecified atom stereocenters. The van der Waals surface area contributed by atoms with Crippen molar-refractivity contribution in [3.63, 3.8) is 0 Å². The molecule has 0 N–H and O–H groups in total. The summed E-state index contributed by atoms with van der Waals surface area (Å²) in [6.07, 6.45) is 0. The Labute approximate surface area is 140 Å². The molecule has 0 aliphatic carbocycles. The van der Waals surface area contributed by atoms with Gasteiger partial charge in [-0.25, -0.2) is 14.0 Å². The zero-order valence-electron chi connectivity index (χ0n) is 13.3. The molecule has 1 aliphatic rings. The molecule has 1 aromatic rings. The summed E-state index contributed by atoms with van der Waals surface area (Å²) in [5.41, 5.74) is -0.750. The lowest BCUT2D eigenvalue weighted by molar-refractivity contribution is -0.140. The lowest BCUT2D eigenvalue weighted by atomic mass is 10.1. The van der Waals surface area contributed by atoms with Gasteiger partial charge in [-0.15, -0.1) is 0 Å². The van der Waals surface area contributed by atoms with Crippen molar-refractivity contribution in [2.24, 2.45) is 0 Å². The fraction of sp³-hybridized carbons (Fsp3) is 0.333. The molecule has 25 heavy (non-hydrogen) atoms. The second-order valence-electron chi connectivity index (χ2n) is 4.68. The quantitative estimate of drug-likeness (QED) is 0.741. The number of alkyl halides is 2. The van der Waals surface area contributed by atoms with Crippen LogP contribution in [0.3, 0.4) is 0 Å². The number of carbonyl (C=O) groups is 2. The predicted molar refractivity (Wildman–Crippen MR) is 77.4 cm³/mol. The van der Waals surface area contributed by atoms with Gasteiger partial charge >= 0.3 is 18.6 Å². The predicted octanol–water partition coefficient (Wildman–Crippen LogP) is 1.82. The zero-order valence-corrected chi connectivity index (χ0v) is 13.3. The van der Waals surface area contributed by atoms with Gasteiger partial charge in [-0.2, -0.15) is 8.78 Å². The first-order valence-corrected chi connectivity index (χ1v) is 6.89. The molecule has 136 valence electrons. The third-order valence-electron chi connectivity index (χ3n) is 3.28. The van der Waals surface area contributed by atoms with E-state index >= 15 is 0 Å². The molecule has 0 atom stereocenters. The Hall–Kier alpha value is -2.75. The lowest BCUT2D eigenvalue weighted by Crippen LogP contribution is -2.39. The molecule has 7 nitrogen and oxygen atoms in total. The standard InChI is InChI=1S/C15H14F3NO6/c1-22-13(20)8-6-24-7-19(11(8)14(21)23-2)10-5-3-4-9(16)12(10)25-15(17)18/h3-5,15H,6-7H2,1-2H3. The molecule has 0 amide bonds. The van der Waals surface area contributed by atoms with Crippen LogP contribution in [0.15, 0.2) is 29.5 Å². The molecule has 0 fully saturated rings. The average Bonchev–Trinajstić information content (AvgIpc) is 2.61. The fourth-order valence-electron chi connectivity index (χ4n) is 2.25. The van der Waals surface area contributed by atoms with Crippen molar-refractivity contribution in [1.29, 1.82) is 0 Å². The van der Waals surface area contributed by atoms with Crippen LogP contribution in [-0.4, -0.2) is 46.1 Å². The largest absolute Gasteiger partial charge is 0.466 e. The summed E-state index contributed by atoms with van der Waals surface area (Å²) in [5, 5.41) is 0. The van der Waals surface area contributed by atoms with Crippen molar-refractivity contribution in [3.8, 4) is 5.75 Å². The number of esters is 2. The van der Waals surface area contributed by atoms with E-state index in [-0.39, 0.29) is 30.3 Å². The smallest absolute Gasteiger partial charge is 0.387 e. The Morgan fingerprint density at radius 2 is 1.88 bits per heavy atom. The number of rotatable bonds is 5. The van der Waals surface area contributed by atoms with Gasteiger partial charge in [0.05, 0.1) is 32.1 Å². The highest BCUT2D eigenvalue weighted by atomic mass is 19.3. The SMILES string of the molecule is COC(=O)C1=C(C(=O)OC)N(c2cccc(F)c2OC(F)F)COC1. The Morgan fingerprint density at radius 3 is 2.48 bits per heavy atom. The number of para-hydroxylation sites is 1. The van der Waals surface area contributed by atoms with Crippen molar-refractivity contribution in [2.75, 3.05) is 32.5 Å². The van der Waals surface area contributed by atoms with Gasteiger partial charge in [-0.1, -0.05) is 6.07 Å². The molecule has 1 aromatic carbocycles. The second-order valence-corrected chi connectivity index (χ2v) is 4.68. The summed E-state index contributed by atoms with van der Waals surface area (Å²) in [5.74, 6) is -3.70. The number of methoxy groups -OCH3 is 2. The molecule has 1 aliphatic heterocycles. The van der Waals surface area contributed by atoms with Gasteiger partial charge in [0.25, 0.3) is 0 Å². The Morgan fingerprint density at radius 1 is 1.20 bits per heavy atom. The average molecular weight is 361 g/mol. The third kappa shape index (κ3) is 3.85. The number of ether oxygens (including phenoxy) is 4. The zero-order chi connectivity index (χ0) is 18.6.